The predicted molar refractivity (Wildman–Crippen MR) is 73.3 cm³/mol. The van der Waals surface area contributed by atoms with E-state index < -0.39 is 16.1 Å². The molecule has 0 spiro atoms. The van der Waals surface area contributed by atoms with Crippen molar-refractivity contribution in [3.63, 3.8) is 0 Å². The van der Waals surface area contributed by atoms with Crippen molar-refractivity contribution < 1.29 is 22.1 Å². The molecule has 1 aromatic rings. The quantitative estimate of drug-likeness (QED) is 0.895. The van der Waals surface area contributed by atoms with Crippen molar-refractivity contribution in [2.24, 2.45) is 5.14 Å². The first-order valence-corrected chi connectivity index (χ1v) is 7.58. The predicted octanol–water partition coefficient (Wildman–Crippen LogP) is 1.75. The Bertz CT molecular complexity index is 607. The second kappa shape index (κ2) is 5.43. The zero-order valence-electron chi connectivity index (χ0n) is 11.3. The Morgan fingerprint density at radius 1 is 1.20 bits per heavy atom. The van der Waals surface area contributed by atoms with Crippen molar-refractivity contribution in [1.29, 1.82) is 0 Å². The van der Waals surface area contributed by atoms with Crippen LogP contribution in [0, 0.1) is 0 Å². The molecular weight excluding hydrogens is 282 g/mol. The lowest BCUT2D eigenvalue weighted by Crippen LogP contribution is -2.21. The molecule has 0 amide bonds. The van der Waals surface area contributed by atoms with E-state index in [-0.39, 0.29) is 13.0 Å². The van der Waals surface area contributed by atoms with E-state index >= 15 is 0 Å². The fourth-order valence-corrected chi connectivity index (χ4v) is 2.21. The van der Waals surface area contributed by atoms with Crippen LogP contribution in [0.4, 0.5) is 0 Å². The monoisotopic (exact) mass is 299 g/mol. The molecule has 0 atom stereocenters. The molecule has 7 heteroatoms. The molecule has 6 nitrogen and oxygen atoms in total. The van der Waals surface area contributed by atoms with Gasteiger partial charge in [0, 0.05) is 25.8 Å². The second-order valence-electron chi connectivity index (χ2n) is 4.79. The van der Waals surface area contributed by atoms with Crippen LogP contribution < -0.4 is 5.14 Å². The summed E-state index contributed by atoms with van der Waals surface area (Å²) in [5.41, 5.74) is 0.865. The van der Waals surface area contributed by atoms with Gasteiger partial charge in [0.1, 0.15) is 5.76 Å². The molecule has 0 unspecified atom stereocenters. The largest absolute Gasteiger partial charge is 0.453 e. The summed E-state index contributed by atoms with van der Waals surface area (Å²) < 4.78 is 37.5. The van der Waals surface area contributed by atoms with E-state index in [0.29, 0.717) is 11.5 Å². The fraction of sp³-hybridized carbons (Fsp3) is 0.385. The summed E-state index contributed by atoms with van der Waals surface area (Å²) in [6.07, 6.45) is 0.254. The van der Waals surface area contributed by atoms with Gasteiger partial charge < -0.3 is 9.47 Å². The molecule has 2 N–H and O–H groups in total. The van der Waals surface area contributed by atoms with Gasteiger partial charge in [0.2, 0.25) is 5.79 Å². The molecule has 0 radical (unpaired) electrons. The number of ether oxygens (including phenoxy) is 2. The lowest BCUT2D eigenvalue weighted by atomic mass is 10.1. The molecule has 0 saturated carbocycles. The van der Waals surface area contributed by atoms with Crippen LogP contribution in [0.1, 0.15) is 25.8 Å². The van der Waals surface area contributed by atoms with Crippen LogP contribution in [-0.4, -0.2) is 20.8 Å². The molecule has 110 valence electrons. The van der Waals surface area contributed by atoms with Gasteiger partial charge in [-0.1, -0.05) is 30.3 Å². The molecule has 0 saturated heterocycles. The first-order chi connectivity index (χ1) is 9.27. The number of rotatable bonds is 5. The SMILES string of the molecule is CC1(C)OC(CCOS(N)(=O)=O)=C(c2ccccc2)O1. The Morgan fingerprint density at radius 3 is 2.45 bits per heavy atom. The summed E-state index contributed by atoms with van der Waals surface area (Å²) in [6.45, 7) is 3.47. The highest BCUT2D eigenvalue weighted by Gasteiger charge is 2.34. The molecule has 0 fully saturated rings. The van der Waals surface area contributed by atoms with Gasteiger partial charge >= 0.3 is 10.3 Å². The summed E-state index contributed by atoms with van der Waals surface area (Å²) in [7, 11) is -3.95. The minimum Gasteiger partial charge on any atom is -0.453 e. The third kappa shape index (κ3) is 3.96. The van der Waals surface area contributed by atoms with E-state index in [9.17, 15) is 8.42 Å². The summed E-state index contributed by atoms with van der Waals surface area (Å²) in [5.74, 6) is 0.348. The van der Waals surface area contributed by atoms with Gasteiger partial charge in [-0.15, -0.1) is 0 Å². The van der Waals surface area contributed by atoms with Gasteiger partial charge in [-0.05, 0) is 0 Å². The van der Waals surface area contributed by atoms with Crippen molar-refractivity contribution in [1.82, 2.24) is 0 Å². The number of benzene rings is 1. The van der Waals surface area contributed by atoms with Crippen molar-refractivity contribution in [2.45, 2.75) is 26.1 Å². The highest BCUT2D eigenvalue weighted by Crippen LogP contribution is 2.37. The van der Waals surface area contributed by atoms with E-state index in [1.807, 2.05) is 30.3 Å². The number of hydrogen-bond donors (Lipinski definition) is 1. The summed E-state index contributed by atoms with van der Waals surface area (Å²) in [6, 6.07) is 9.45. The fourth-order valence-electron chi connectivity index (χ4n) is 1.89. The zero-order valence-corrected chi connectivity index (χ0v) is 12.1. The Kier molecular flexibility index (Phi) is 4.03. The Labute approximate surface area is 118 Å². The van der Waals surface area contributed by atoms with Gasteiger partial charge in [-0.2, -0.15) is 8.42 Å². The Balaban J connectivity index is 2.17. The maximum absolute atomic E-state index is 10.8. The molecule has 1 aliphatic heterocycles. The lowest BCUT2D eigenvalue weighted by molar-refractivity contribution is -0.112. The van der Waals surface area contributed by atoms with Crippen LogP contribution in [0.5, 0.6) is 0 Å². The number of nitrogens with two attached hydrogens (primary N) is 1. The Morgan fingerprint density at radius 2 is 1.85 bits per heavy atom. The topological polar surface area (TPSA) is 87.9 Å². The van der Waals surface area contributed by atoms with Crippen LogP contribution in [0.2, 0.25) is 0 Å². The molecule has 0 bridgehead atoms. The van der Waals surface area contributed by atoms with E-state index in [2.05, 4.69) is 4.18 Å². The normalized spacial score (nSPS) is 17.8. The van der Waals surface area contributed by atoms with Crippen LogP contribution >= 0.6 is 0 Å². The smallest absolute Gasteiger partial charge is 0.333 e. The van der Waals surface area contributed by atoms with Crippen molar-refractivity contribution in [3.05, 3.63) is 41.7 Å². The minimum absolute atomic E-state index is 0.0933. The molecule has 0 aliphatic carbocycles. The summed E-state index contributed by atoms with van der Waals surface area (Å²) in [5, 5.41) is 4.78. The van der Waals surface area contributed by atoms with Crippen LogP contribution in [0.3, 0.4) is 0 Å². The van der Waals surface area contributed by atoms with Crippen molar-refractivity contribution in [3.8, 4) is 0 Å². The second-order valence-corrected chi connectivity index (χ2v) is 6.01. The molecular formula is C13H17NO5S. The number of hydrogen-bond acceptors (Lipinski definition) is 5. The van der Waals surface area contributed by atoms with Gasteiger partial charge in [-0.25, -0.2) is 5.14 Å². The van der Waals surface area contributed by atoms with Crippen LogP contribution in [0.25, 0.3) is 5.76 Å². The maximum Gasteiger partial charge on any atom is 0.333 e. The third-order valence-corrected chi connectivity index (χ3v) is 3.08. The zero-order chi connectivity index (χ0) is 14.8. The van der Waals surface area contributed by atoms with Gasteiger partial charge in [0.15, 0.2) is 5.76 Å². The molecule has 2 rings (SSSR count). The molecule has 1 heterocycles. The van der Waals surface area contributed by atoms with Gasteiger partial charge in [-0.3, -0.25) is 4.18 Å². The lowest BCUT2D eigenvalue weighted by Gasteiger charge is -2.18. The van der Waals surface area contributed by atoms with Crippen molar-refractivity contribution >= 4 is 16.1 Å². The van der Waals surface area contributed by atoms with E-state index in [1.54, 1.807) is 13.8 Å². The van der Waals surface area contributed by atoms with Crippen LogP contribution in [0.15, 0.2) is 36.1 Å². The molecule has 1 aromatic carbocycles. The van der Waals surface area contributed by atoms with E-state index in [0.717, 1.165) is 5.56 Å². The van der Waals surface area contributed by atoms with Crippen molar-refractivity contribution in [2.75, 3.05) is 6.61 Å². The highest BCUT2D eigenvalue weighted by atomic mass is 32.2. The third-order valence-electron chi connectivity index (χ3n) is 2.58. The Hall–Kier alpha value is -1.57. The molecule has 20 heavy (non-hydrogen) atoms. The van der Waals surface area contributed by atoms with Gasteiger partial charge in [0.05, 0.1) is 6.61 Å². The van der Waals surface area contributed by atoms with Crippen LogP contribution in [-0.2, 0) is 24.0 Å². The summed E-state index contributed by atoms with van der Waals surface area (Å²) in [4.78, 5) is 0. The van der Waals surface area contributed by atoms with Gasteiger partial charge in [0.25, 0.3) is 0 Å². The maximum atomic E-state index is 10.8. The first kappa shape index (κ1) is 14.8. The molecule has 1 aliphatic rings. The minimum atomic E-state index is -3.95. The van der Waals surface area contributed by atoms with E-state index in [1.165, 1.54) is 0 Å². The average molecular weight is 299 g/mol. The highest BCUT2D eigenvalue weighted by molar-refractivity contribution is 7.84. The standard InChI is InChI=1S/C13H17NO5S/c1-13(2)18-11(8-9-17-20(14,15)16)12(19-13)10-6-4-3-5-7-10/h3-7H,8-9H2,1-2H3,(H2,14,15,16). The molecule has 0 aromatic heterocycles. The van der Waals surface area contributed by atoms with E-state index in [4.69, 9.17) is 14.6 Å². The average Bonchev–Trinajstić information content (AvgIpc) is 2.64. The summed E-state index contributed by atoms with van der Waals surface area (Å²) >= 11 is 0. The first-order valence-electron chi connectivity index (χ1n) is 6.11.